The van der Waals surface area contributed by atoms with E-state index in [9.17, 15) is 9.18 Å². The molecule has 2 rings (SSSR count). The summed E-state index contributed by atoms with van der Waals surface area (Å²) in [7, 11) is 0. The van der Waals surface area contributed by atoms with Crippen molar-refractivity contribution in [3.05, 3.63) is 29.6 Å². The van der Waals surface area contributed by atoms with Crippen molar-refractivity contribution in [2.24, 2.45) is 0 Å². The fourth-order valence-corrected chi connectivity index (χ4v) is 2.64. The number of halogens is 1. The number of amides is 1. The van der Waals surface area contributed by atoms with E-state index in [-0.39, 0.29) is 18.1 Å². The lowest BCUT2D eigenvalue weighted by molar-refractivity contribution is -0.0443. The number of benzene rings is 1. The van der Waals surface area contributed by atoms with Crippen molar-refractivity contribution >= 4 is 11.6 Å². The van der Waals surface area contributed by atoms with Crippen LogP contribution in [0.1, 0.15) is 37.6 Å². The number of para-hydroxylation sites is 1. The first-order valence-electron chi connectivity index (χ1n) is 7.53. The number of anilines is 1. The van der Waals surface area contributed by atoms with E-state index in [0.29, 0.717) is 30.9 Å². The van der Waals surface area contributed by atoms with Crippen molar-refractivity contribution in [3.8, 4) is 0 Å². The lowest BCUT2D eigenvalue weighted by Gasteiger charge is -2.38. The minimum atomic E-state index is -0.392. The molecule has 0 bridgehead atoms. The minimum absolute atomic E-state index is 0.00731. The first kappa shape index (κ1) is 15.8. The van der Waals surface area contributed by atoms with Gasteiger partial charge in [-0.25, -0.2) is 4.39 Å². The normalized spacial score (nSPS) is 22.2. The second-order valence-electron chi connectivity index (χ2n) is 5.36. The van der Waals surface area contributed by atoms with Gasteiger partial charge in [-0.1, -0.05) is 13.0 Å². The van der Waals surface area contributed by atoms with Crippen LogP contribution in [0.2, 0.25) is 0 Å². The SMILES string of the molecule is CCNc1c(F)cccc1C(=O)N1CC(C)OCC1CC. The predicted octanol–water partition coefficient (Wildman–Crippen LogP) is 2.90. The van der Waals surface area contributed by atoms with Crippen molar-refractivity contribution in [3.63, 3.8) is 0 Å². The summed E-state index contributed by atoms with van der Waals surface area (Å²) in [6.45, 7) is 7.50. The molecule has 1 heterocycles. The molecule has 116 valence electrons. The molecule has 0 spiro atoms. The summed E-state index contributed by atoms with van der Waals surface area (Å²) in [5, 5.41) is 2.95. The maximum atomic E-state index is 14.0. The third kappa shape index (κ3) is 3.35. The van der Waals surface area contributed by atoms with Gasteiger partial charge in [0.2, 0.25) is 0 Å². The van der Waals surface area contributed by atoms with Crippen LogP contribution < -0.4 is 5.32 Å². The van der Waals surface area contributed by atoms with E-state index in [1.807, 2.05) is 25.7 Å². The van der Waals surface area contributed by atoms with Gasteiger partial charge in [0, 0.05) is 13.1 Å². The summed E-state index contributed by atoms with van der Waals surface area (Å²) in [6.07, 6.45) is 0.831. The Kier molecular flexibility index (Phi) is 5.17. The molecular formula is C16H23FN2O2. The summed E-state index contributed by atoms with van der Waals surface area (Å²) >= 11 is 0. The Bertz CT molecular complexity index is 507. The first-order valence-corrected chi connectivity index (χ1v) is 7.53. The van der Waals surface area contributed by atoms with Crippen molar-refractivity contribution < 1.29 is 13.9 Å². The third-order valence-corrected chi connectivity index (χ3v) is 3.80. The van der Waals surface area contributed by atoms with Gasteiger partial charge in [0.15, 0.2) is 0 Å². The van der Waals surface area contributed by atoms with Crippen molar-refractivity contribution in [1.82, 2.24) is 4.90 Å². The summed E-state index contributed by atoms with van der Waals surface area (Å²) in [4.78, 5) is 14.6. The van der Waals surface area contributed by atoms with Crippen LogP contribution in [0.15, 0.2) is 18.2 Å². The first-order chi connectivity index (χ1) is 10.1. The van der Waals surface area contributed by atoms with Gasteiger partial charge >= 0.3 is 0 Å². The second kappa shape index (κ2) is 6.89. The van der Waals surface area contributed by atoms with Crippen LogP contribution in [0, 0.1) is 5.82 Å². The van der Waals surface area contributed by atoms with Crippen LogP contribution in [0.3, 0.4) is 0 Å². The van der Waals surface area contributed by atoms with Crippen molar-refractivity contribution in [1.29, 1.82) is 0 Å². The monoisotopic (exact) mass is 294 g/mol. The number of carbonyl (C=O) groups excluding carboxylic acids is 1. The predicted molar refractivity (Wildman–Crippen MR) is 81.1 cm³/mol. The lowest BCUT2D eigenvalue weighted by atomic mass is 10.1. The Labute approximate surface area is 125 Å². The van der Waals surface area contributed by atoms with Gasteiger partial charge in [0.05, 0.1) is 30.0 Å². The Morgan fingerprint density at radius 2 is 2.24 bits per heavy atom. The average molecular weight is 294 g/mol. The zero-order valence-corrected chi connectivity index (χ0v) is 12.9. The highest BCUT2D eigenvalue weighted by molar-refractivity contribution is 6.00. The molecule has 0 radical (unpaired) electrons. The van der Waals surface area contributed by atoms with Crippen LogP contribution in [0.4, 0.5) is 10.1 Å². The molecule has 1 aromatic rings. The fraction of sp³-hybridized carbons (Fsp3) is 0.562. The van der Waals surface area contributed by atoms with E-state index in [1.165, 1.54) is 6.07 Å². The number of rotatable bonds is 4. The van der Waals surface area contributed by atoms with Crippen LogP contribution >= 0.6 is 0 Å². The number of ether oxygens (including phenoxy) is 1. The minimum Gasteiger partial charge on any atom is -0.382 e. The second-order valence-corrected chi connectivity index (χ2v) is 5.36. The van der Waals surface area contributed by atoms with Crippen molar-refractivity contribution in [2.75, 3.05) is 25.0 Å². The zero-order chi connectivity index (χ0) is 15.4. The van der Waals surface area contributed by atoms with Gasteiger partial charge in [0.1, 0.15) is 5.82 Å². The van der Waals surface area contributed by atoms with Gasteiger partial charge in [-0.2, -0.15) is 0 Å². The van der Waals surface area contributed by atoms with Gasteiger partial charge in [-0.3, -0.25) is 4.79 Å². The average Bonchev–Trinajstić information content (AvgIpc) is 2.48. The molecule has 1 amide bonds. The van der Waals surface area contributed by atoms with E-state index >= 15 is 0 Å². The fourth-order valence-electron chi connectivity index (χ4n) is 2.64. The molecule has 2 atom stereocenters. The molecule has 2 unspecified atom stereocenters. The largest absolute Gasteiger partial charge is 0.382 e. The lowest BCUT2D eigenvalue weighted by Crippen LogP contribution is -2.51. The summed E-state index contributed by atoms with van der Waals surface area (Å²) < 4.78 is 19.6. The number of nitrogens with one attached hydrogen (secondary N) is 1. The molecular weight excluding hydrogens is 271 g/mol. The van der Waals surface area contributed by atoms with Gasteiger partial charge < -0.3 is 15.0 Å². The molecule has 1 N–H and O–H groups in total. The third-order valence-electron chi connectivity index (χ3n) is 3.80. The highest BCUT2D eigenvalue weighted by Gasteiger charge is 2.31. The highest BCUT2D eigenvalue weighted by atomic mass is 19.1. The standard InChI is InChI=1S/C16H23FN2O2/c1-4-12-10-21-11(3)9-19(12)16(20)13-7-6-8-14(17)15(13)18-5-2/h6-8,11-12,18H,4-5,9-10H2,1-3H3. The number of hydrogen-bond acceptors (Lipinski definition) is 3. The van der Waals surface area contributed by atoms with E-state index in [0.717, 1.165) is 6.42 Å². The number of carbonyl (C=O) groups is 1. The van der Waals surface area contributed by atoms with Gasteiger partial charge in [0.25, 0.3) is 5.91 Å². The van der Waals surface area contributed by atoms with Gasteiger partial charge in [-0.15, -0.1) is 0 Å². The van der Waals surface area contributed by atoms with Crippen LogP contribution in [-0.2, 0) is 4.74 Å². The smallest absolute Gasteiger partial charge is 0.256 e. The van der Waals surface area contributed by atoms with E-state index in [2.05, 4.69) is 5.32 Å². The van der Waals surface area contributed by atoms with Crippen LogP contribution in [-0.4, -0.2) is 42.6 Å². The molecule has 21 heavy (non-hydrogen) atoms. The quantitative estimate of drug-likeness (QED) is 0.928. The maximum absolute atomic E-state index is 14.0. The molecule has 1 aromatic carbocycles. The molecule has 0 aromatic heterocycles. The number of nitrogens with zero attached hydrogens (tertiary/aromatic N) is 1. The summed E-state index contributed by atoms with van der Waals surface area (Å²) in [5.74, 6) is -0.524. The van der Waals surface area contributed by atoms with E-state index in [1.54, 1.807) is 12.1 Å². The molecule has 1 fully saturated rings. The Hall–Kier alpha value is -1.62. The van der Waals surface area contributed by atoms with E-state index in [4.69, 9.17) is 4.74 Å². The molecule has 0 saturated carbocycles. The highest BCUT2D eigenvalue weighted by Crippen LogP contribution is 2.24. The maximum Gasteiger partial charge on any atom is 0.256 e. The molecule has 1 aliphatic rings. The molecule has 1 saturated heterocycles. The Morgan fingerprint density at radius 1 is 1.48 bits per heavy atom. The van der Waals surface area contributed by atoms with Crippen LogP contribution in [0.25, 0.3) is 0 Å². The molecule has 1 aliphatic heterocycles. The molecule has 5 heteroatoms. The summed E-state index contributed by atoms with van der Waals surface area (Å²) in [5.41, 5.74) is 0.684. The topological polar surface area (TPSA) is 41.6 Å². The number of hydrogen-bond donors (Lipinski definition) is 1. The van der Waals surface area contributed by atoms with Crippen LogP contribution in [0.5, 0.6) is 0 Å². The number of morpholine rings is 1. The summed E-state index contributed by atoms with van der Waals surface area (Å²) in [6, 6.07) is 4.67. The zero-order valence-electron chi connectivity index (χ0n) is 12.9. The molecule has 0 aliphatic carbocycles. The Morgan fingerprint density at radius 3 is 2.90 bits per heavy atom. The van der Waals surface area contributed by atoms with Crippen molar-refractivity contribution in [2.45, 2.75) is 39.3 Å². The van der Waals surface area contributed by atoms with Gasteiger partial charge in [-0.05, 0) is 32.4 Å². The Balaban J connectivity index is 2.32. The van der Waals surface area contributed by atoms with E-state index < -0.39 is 5.82 Å². The molecule has 4 nitrogen and oxygen atoms in total.